The summed E-state index contributed by atoms with van der Waals surface area (Å²) in [5.74, 6) is 0.735. The summed E-state index contributed by atoms with van der Waals surface area (Å²) in [5, 5.41) is 0. The van der Waals surface area contributed by atoms with Gasteiger partial charge in [-0.2, -0.15) is 7.05 Å². The molecule has 1 saturated carbocycles. The molecule has 0 saturated heterocycles. The third-order valence-electron chi connectivity index (χ3n) is 4.80. The minimum Gasteiger partial charge on any atom is -0.667 e. The van der Waals surface area contributed by atoms with E-state index in [4.69, 9.17) is 4.98 Å². The molecule has 5 heteroatoms. The molecule has 0 aliphatic heterocycles. The van der Waals surface area contributed by atoms with E-state index in [1.807, 2.05) is 7.05 Å². The van der Waals surface area contributed by atoms with Crippen molar-refractivity contribution >= 4 is 8.24 Å². The van der Waals surface area contributed by atoms with Gasteiger partial charge in [0, 0.05) is 12.1 Å². The molecule has 4 atom stereocenters. The van der Waals surface area contributed by atoms with Gasteiger partial charge in [0.1, 0.15) is 0 Å². The molecule has 0 amide bonds. The average molecular weight is 263 g/mol. The number of hydrogen-bond donors (Lipinski definition) is 0. The molecule has 0 spiro atoms. The molecule has 4 unspecified atom stereocenters. The Labute approximate surface area is 127 Å². The van der Waals surface area contributed by atoms with Gasteiger partial charge in [0.05, 0.1) is 0 Å². The van der Waals surface area contributed by atoms with Crippen LogP contribution in [0.5, 0.6) is 0 Å². The normalized spacial score (nSPS) is 33.0. The van der Waals surface area contributed by atoms with Crippen LogP contribution < -0.4 is 18.9 Å². The minimum atomic E-state index is -1.44. The quantitative estimate of drug-likeness (QED) is 0.636. The Balaban J connectivity index is 0.00000289. The maximum atomic E-state index is 4.76. The first-order chi connectivity index (χ1) is 7.72. The number of nitrogens with zero attached hydrogens (tertiary/aromatic N) is 3. The second-order valence-corrected chi connectivity index (χ2v) is 11.1. The minimum absolute atomic E-state index is 0. The molecule has 0 aromatic heterocycles. The molecule has 0 N–H and O–H groups in total. The predicted octanol–water partition coefficient (Wildman–Crippen LogP) is -0.531. The second kappa shape index (κ2) is 6.92. The number of hydrogen-bond acceptors (Lipinski definition) is 2. The Hall–Kier alpha value is 0.694. The number of rotatable bonds is 4. The van der Waals surface area contributed by atoms with E-state index >= 15 is 0 Å². The second-order valence-electron chi connectivity index (χ2n) is 6.56. The van der Waals surface area contributed by atoms with Crippen LogP contribution in [0.1, 0.15) is 13.3 Å². The van der Waals surface area contributed by atoms with Crippen molar-refractivity contribution in [3.05, 3.63) is 4.98 Å². The average Bonchev–Trinajstić information content (AvgIpc) is 2.56. The summed E-state index contributed by atoms with van der Waals surface area (Å²) >= 11 is 0. The molecule has 3 nitrogen and oxygen atoms in total. The first kappa shape index (κ1) is 18.7. The molecule has 0 bridgehead atoms. The SMILES string of the molecule is C[N-][Si](C)(C)C1CC(N(C)C)C(C)C1N(C)C.[Li+]. The van der Waals surface area contributed by atoms with E-state index < -0.39 is 8.24 Å². The van der Waals surface area contributed by atoms with E-state index in [-0.39, 0.29) is 18.9 Å². The van der Waals surface area contributed by atoms with Gasteiger partial charge in [0.2, 0.25) is 0 Å². The maximum absolute atomic E-state index is 4.76. The van der Waals surface area contributed by atoms with Crippen LogP contribution in [0.3, 0.4) is 0 Å². The third-order valence-corrected chi connectivity index (χ3v) is 8.34. The van der Waals surface area contributed by atoms with Crippen molar-refractivity contribution in [1.29, 1.82) is 0 Å². The van der Waals surface area contributed by atoms with Crippen LogP contribution in [-0.4, -0.2) is 65.4 Å². The van der Waals surface area contributed by atoms with Gasteiger partial charge < -0.3 is 14.8 Å². The fourth-order valence-electron chi connectivity index (χ4n) is 3.59. The zero-order valence-electron chi connectivity index (χ0n) is 13.9. The van der Waals surface area contributed by atoms with Crippen molar-refractivity contribution in [3.8, 4) is 0 Å². The Morgan fingerprint density at radius 3 is 1.89 bits per heavy atom. The van der Waals surface area contributed by atoms with Crippen molar-refractivity contribution in [3.63, 3.8) is 0 Å². The molecule has 0 aromatic carbocycles. The largest absolute Gasteiger partial charge is 1.00 e. The van der Waals surface area contributed by atoms with E-state index in [9.17, 15) is 0 Å². The zero-order chi connectivity index (χ0) is 13.4. The van der Waals surface area contributed by atoms with Crippen molar-refractivity contribution in [1.82, 2.24) is 9.80 Å². The van der Waals surface area contributed by atoms with E-state index in [1.54, 1.807) is 0 Å². The van der Waals surface area contributed by atoms with Gasteiger partial charge in [-0.1, -0.05) is 28.3 Å². The summed E-state index contributed by atoms with van der Waals surface area (Å²) in [7, 11) is 9.47. The fraction of sp³-hybridized carbons (Fsp3) is 1.00. The van der Waals surface area contributed by atoms with Gasteiger partial charge in [0.15, 0.2) is 0 Å². The first-order valence-corrected chi connectivity index (χ1v) is 9.68. The summed E-state index contributed by atoms with van der Waals surface area (Å²) < 4.78 is 0. The summed E-state index contributed by atoms with van der Waals surface area (Å²) in [6.07, 6.45) is 1.31. The van der Waals surface area contributed by atoms with E-state index in [0.717, 1.165) is 11.5 Å². The molecule has 1 aliphatic carbocycles. The maximum Gasteiger partial charge on any atom is 1.00 e. The van der Waals surface area contributed by atoms with Gasteiger partial charge in [-0.3, -0.25) is 0 Å². The molecule has 0 aromatic rings. The van der Waals surface area contributed by atoms with Crippen LogP contribution >= 0.6 is 0 Å². The van der Waals surface area contributed by atoms with Crippen molar-refractivity contribution < 1.29 is 18.9 Å². The fourth-order valence-corrected chi connectivity index (χ4v) is 6.18. The molecule has 102 valence electrons. The summed E-state index contributed by atoms with van der Waals surface area (Å²) in [5.41, 5.74) is 0.782. The van der Waals surface area contributed by atoms with Gasteiger partial charge in [-0.25, -0.2) is 0 Å². The summed E-state index contributed by atoms with van der Waals surface area (Å²) in [6.45, 7) is 7.24. The Morgan fingerprint density at radius 2 is 1.56 bits per heavy atom. The topological polar surface area (TPSA) is 20.6 Å². The predicted molar refractivity (Wildman–Crippen MR) is 79.2 cm³/mol. The molecule has 1 fully saturated rings. The van der Waals surface area contributed by atoms with E-state index in [0.29, 0.717) is 12.1 Å². The van der Waals surface area contributed by atoms with E-state index in [1.165, 1.54) is 6.42 Å². The van der Waals surface area contributed by atoms with Gasteiger partial charge in [-0.05, 0) is 46.1 Å². The monoisotopic (exact) mass is 263 g/mol. The Kier molecular flexibility index (Phi) is 7.19. The molecular weight excluding hydrogens is 233 g/mol. The Morgan fingerprint density at radius 1 is 1.06 bits per heavy atom. The first-order valence-electron chi connectivity index (χ1n) is 6.66. The molecule has 0 radical (unpaired) electrons. The summed E-state index contributed by atoms with van der Waals surface area (Å²) in [6, 6.07) is 1.40. The molecule has 1 aliphatic rings. The van der Waals surface area contributed by atoms with Gasteiger partial charge >= 0.3 is 18.9 Å². The standard InChI is InChI=1S/C13H30N3Si.Li/c1-10-11(15(3)4)9-12(13(10)16(5)6)17(7,8)14-2;/h10-13H,9H2,1-8H3;/q-1;+1. The van der Waals surface area contributed by atoms with Crippen LogP contribution in [0.15, 0.2) is 0 Å². The van der Waals surface area contributed by atoms with Crippen molar-refractivity contribution in [2.24, 2.45) is 5.92 Å². The molecule has 0 heterocycles. The van der Waals surface area contributed by atoms with Crippen LogP contribution in [0.25, 0.3) is 4.98 Å². The third kappa shape index (κ3) is 3.62. The van der Waals surface area contributed by atoms with Crippen LogP contribution in [0, 0.1) is 5.92 Å². The van der Waals surface area contributed by atoms with Crippen LogP contribution in [0.4, 0.5) is 0 Å². The van der Waals surface area contributed by atoms with Gasteiger partial charge in [0.25, 0.3) is 0 Å². The Bertz CT molecular complexity index is 259. The van der Waals surface area contributed by atoms with E-state index in [2.05, 4.69) is 58.0 Å². The molecule has 18 heavy (non-hydrogen) atoms. The molecule has 1 rings (SSSR count). The smallest absolute Gasteiger partial charge is 0.667 e. The van der Waals surface area contributed by atoms with Gasteiger partial charge in [-0.15, -0.1) is 0 Å². The van der Waals surface area contributed by atoms with Crippen LogP contribution in [-0.2, 0) is 0 Å². The van der Waals surface area contributed by atoms with Crippen molar-refractivity contribution in [2.75, 3.05) is 35.2 Å². The van der Waals surface area contributed by atoms with Crippen LogP contribution in [0.2, 0.25) is 18.6 Å². The molecular formula is C13H30LiN3Si. The summed E-state index contributed by atoms with van der Waals surface area (Å²) in [4.78, 5) is 9.59. The zero-order valence-corrected chi connectivity index (χ0v) is 14.9. The van der Waals surface area contributed by atoms with Crippen molar-refractivity contribution in [2.45, 2.75) is 44.1 Å².